The molecule has 0 aromatic carbocycles. The maximum atomic E-state index is 3.82. The van der Waals surface area contributed by atoms with Crippen LogP contribution in [0.5, 0.6) is 0 Å². The van der Waals surface area contributed by atoms with E-state index in [0.29, 0.717) is 0 Å². The van der Waals surface area contributed by atoms with Crippen LogP contribution >= 0.6 is 0 Å². The van der Waals surface area contributed by atoms with E-state index in [-0.39, 0.29) is 0 Å². The molecule has 1 aliphatic heterocycles. The van der Waals surface area contributed by atoms with Gasteiger partial charge in [0.25, 0.3) is 0 Å². The van der Waals surface area contributed by atoms with E-state index in [4.69, 9.17) is 0 Å². The standard InChI is InChI=1S/C13H27N/c1-3-5-8-12-10-7-11-13(14-12)9-6-4-2/h12-14H,3-11H2,1-2H3/t12-,13+. The second-order valence-corrected chi connectivity index (χ2v) is 4.78. The summed E-state index contributed by atoms with van der Waals surface area (Å²) in [5.74, 6) is 0. The zero-order valence-corrected chi connectivity index (χ0v) is 10.0. The van der Waals surface area contributed by atoms with E-state index in [1.54, 1.807) is 0 Å². The number of hydrogen-bond acceptors (Lipinski definition) is 1. The van der Waals surface area contributed by atoms with Gasteiger partial charge in [-0.05, 0) is 25.7 Å². The Morgan fingerprint density at radius 1 is 0.929 bits per heavy atom. The summed E-state index contributed by atoms with van der Waals surface area (Å²) >= 11 is 0. The maximum Gasteiger partial charge on any atom is 0.00696 e. The largest absolute Gasteiger partial charge is 0.311 e. The van der Waals surface area contributed by atoms with Crippen molar-refractivity contribution in [3.63, 3.8) is 0 Å². The van der Waals surface area contributed by atoms with Gasteiger partial charge in [-0.25, -0.2) is 0 Å². The topological polar surface area (TPSA) is 12.0 Å². The van der Waals surface area contributed by atoms with Crippen molar-refractivity contribution in [1.29, 1.82) is 0 Å². The highest BCUT2D eigenvalue weighted by Gasteiger charge is 2.19. The second-order valence-electron chi connectivity index (χ2n) is 4.78. The van der Waals surface area contributed by atoms with Crippen molar-refractivity contribution in [3.05, 3.63) is 0 Å². The molecular formula is C13H27N. The molecule has 0 aliphatic carbocycles. The van der Waals surface area contributed by atoms with Crippen molar-refractivity contribution in [2.24, 2.45) is 0 Å². The lowest BCUT2D eigenvalue weighted by molar-refractivity contribution is 0.289. The number of nitrogens with one attached hydrogen (secondary N) is 1. The van der Waals surface area contributed by atoms with E-state index >= 15 is 0 Å². The molecule has 0 bridgehead atoms. The molecule has 1 fully saturated rings. The molecule has 0 radical (unpaired) electrons. The molecule has 2 atom stereocenters. The fraction of sp³-hybridized carbons (Fsp3) is 1.00. The molecule has 14 heavy (non-hydrogen) atoms. The van der Waals surface area contributed by atoms with Crippen LogP contribution in [0.2, 0.25) is 0 Å². The highest BCUT2D eigenvalue weighted by molar-refractivity contribution is 4.80. The zero-order valence-electron chi connectivity index (χ0n) is 10.0. The monoisotopic (exact) mass is 197 g/mol. The third-order valence-corrected chi connectivity index (χ3v) is 3.39. The molecular weight excluding hydrogens is 170 g/mol. The Kier molecular flexibility index (Phi) is 6.25. The fourth-order valence-electron chi connectivity index (χ4n) is 2.47. The number of unbranched alkanes of at least 4 members (excludes halogenated alkanes) is 2. The van der Waals surface area contributed by atoms with Crippen LogP contribution < -0.4 is 5.32 Å². The SMILES string of the molecule is CCCC[C@@H]1CCC[C@H](CCCC)N1. The molecule has 0 unspecified atom stereocenters. The summed E-state index contributed by atoms with van der Waals surface area (Å²) in [6.45, 7) is 4.58. The first-order valence-electron chi connectivity index (χ1n) is 6.62. The summed E-state index contributed by atoms with van der Waals surface area (Å²) < 4.78 is 0. The van der Waals surface area contributed by atoms with E-state index < -0.39 is 0 Å². The van der Waals surface area contributed by atoms with Gasteiger partial charge in [-0.2, -0.15) is 0 Å². The van der Waals surface area contributed by atoms with Gasteiger partial charge in [0.05, 0.1) is 0 Å². The minimum Gasteiger partial charge on any atom is -0.311 e. The molecule has 1 saturated heterocycles. The Morgan fingerprint density at radius 3 is 1.86 bits per heavy atom. The van der Waals surface area contributed by atoms with Crippen molar-refractivity contribution in [2.45, 2.75) is 83.7 Å². The Hall–Kier alpha value is -0.0400. The van der Waals surface area contributed by atoms with E-state index in [9.17, 15) is 0 Å². The minimum atomic E-state index is 0.838. The zero-order chi connectivity index (χ0) is 10.2. The lowest BCUT2D eigenvalue weighted by atomic mass is 9.92. The number of piperidine rings is 1. The van der Waals surface area contributed by atoms with E-state index in [0.717, 1.165) is 12.1 Å². The molecule has 1 heterocycles. The van der Waals surface area contributed by atoms with E-state index in [1.165, 1.54) is 57.8 Å². The molecule has 1 rings (SSSR count). The average Bonchev–Trinajstić information content (AvgIpc) is 2.24. The smallest absolute Gasteiger partial charge is 0.00696 e. The normalized spacial score (nSPS) is 27.9. The van der Waals surface area contributed by atoms with Crippen LogP contribution in [0, 0.1) is 0 Å². The highest BCUT2D eigenvalue weighted by Crippen LogP contribution is 2.19. The summed E-state index contributed by atoms with van der Waals surface area (Å²) in [7, 11) is 0. The van der Waals surface area contributed by atoms with Crippen molar-refractivity contribution < 1.29 is 0 Å². The van der Waals surface area contributed by atoms with Crippen LogP contribution in [0.4, 0.5) is 0 Å². The van der Waals surface area contributed by atoms with Gasteiger partial charge in [-0.1, -0.05) is 46.0 Å². The van der Waals surface area contributed by atoms with Gasteiger partial charge in [0.2, 0.25) is 0 Å². The minimum absolute atomic E-state index is 0.838. The van der Waals surface area contributed by atoms with Crippen LogP contribution in [-0.4, -0.2) is 12.1 Å². The molecule has 0 aromatic heterocycles. The number of rotatable bonds is 6. The lowest BCUT2D eigenvalue weighted by Gasteiger charge is -2.31. The maximum absolute atomic E-state index is 3.82. The van der Waals surface area contributed by atoms with Crippen LogP contribution in [0.25, 0.3) is 0 Å². The van der Waals surface area contributed by atoms with E-state index in [2.05, 4.69) is 19.2 Å². The Balaban J connectivity index is 2.14. The van der Waals surface area contributed by atoms with Gasteiger partial charge in [-0.3, -0.25) is 0 Å². The molecule has 1 heteroatoms. The number of hydrogen-bond donors (Lipinski definition) is 1. The molecule has 1 N–H and O–H groups in total. The van der Waals surface area contributed by atoms with Crippen LogP contribution in [0.3, 0.4) is 0 Å². The Morgan fingerprint density at radius 2 is 1.43 bits per heavy atom. The molecule has 0 aromatic rings. The molecule has 1 nitrogen and oxygen atoms in total. The van der Waals surface area contributed by atoms with Gasteiger partial charge in [0.15, 0.2) is 0 Å². The fourth-order valence-corrected chi connectivity index (χ4v) is 2.47. The first-order valence-corrected chi connectivity index (χ1v) is 6.62. The van der Waals surface area contributed by atoms with Gasteiger partial charge < -0.3 is 5.32 Å². The predicted molar refractivity (Wildman–Crippen MR) is 63.6 cm³/mol. The second kappa shape index (κ2) is 7.28. The Labute approximate surface area is 89.7 Å². The van der Waals surface area contributed by atoms with Crippen LogP contribution in [-0.2, 0) is 0 Å². The van der Waals surface area contributed by atoms with Gasteiger partial charge in [0, 0.05) is 12.1 Å². The van der Waals surface area contributed by atoms with E-state index in [1.807, 2.05) is 0 Å². The molecule has 84 valence electrons. The summed E-state index contributed by atoms with van der Waals surface area (Å²) in [5.41, 5.74) is 0. The lowest BCUT2D eigenvalue weighted by Crippen LogP contribution is -2.42. The molecule has 1 aliphatic rings. The Bertz CT molecular complexity index is 119. The predicted octanol–water partition coefficient (Wildman–Crippen LogP) is 3.88. The summed E-state index contributed by atoms with van der Waals surface area (Å²) in [6, 6.07) is 1.68. The van der Waals surface area contributed by atoms with Crippen molar-refractivity contribution in [3.8, 4) is 0 Å². The summed E-state index contributed by atoms with van der Waals surface area (Å²) in [4.78, 5) is 0. The molecule has 0 amide bonds. The average molecular weight is 197 g/mol. The highest BCUT2D eigenvalue weighted by atomic mass is 15.0. The molecule has 0 saturated carbocycles. The van der Waals surface area contributed by atoms with Crippen molar-refractivity contribution in [2.75, 3.05) is 0 Å². The first-order chi connectivity index (χ1) is 6.86. The third kappa shape index (κ3) is 4.45. The van der Waals surface area contributed by atoms with Gasteiger partial charge in [-0.15, -0.1) is 0 Å². The van der Waals surface area contributed by atoms with Gasteiger partial charge >= 0.3 is 0 Å². The van der Waals surface area contributed by atoms with Crippen LogP contribution in [0.1, 0.15) is 71.6 Å². The summed E-state index contributed by atoms with van der Waals surface area (Å²) in [5, 5.41) is 3.82. The third-order valence-electron chi connectivity index (χ3n) is 3.39. The van der Waals surface area contributed by atoms with Crippen molar-refractivity contribution in [1.82, 2.24) is 5.32 Å². The summed E-state index contributed by atoms with van der Waals surface area (Å²) in [6.07, 6.45) is 12.6. The van der Waals surface area contributed by atoms with Crippen molar-refractivity contribution >= 4 is 0 Å². The van der Waals surface area contributed by atoms with Gasteiger partial charge in [0.1, 0.15) is 0 Å². The quantitative estimate of drug-likeness (QED) is 0.681. The van der Waals surface area contributed by atoms with Crippen LogP contribution in [0.15, 0.2) is 0 Å². The molecule has 0 spiro atoms. The first kappa shape index (κ1) is 12.0.